The lowest BCUT2D eigenvalue weighted by molar-refractivity contribution is -0.180. The van der Waals surface area contributed by atoms with Gasteiger partial charge in [-0.3, -0.25) is 0 Å². The fraction of sp³-hybridized carbons (Fsp3) is 0.286. The maximum Gasteiger partial charge on any atom is 0.414 e. The minimum atomic E-state index is -4.93. The summed E-state index contributed by atoms with van der Waals surface area (Å²) in [4.78, 5) is 0. The summed E-state index contributed by atoms with van der Waals surface area (Å²) in [6.07, 6.45) is -9.82. The summed E-state index contributed by atoms with van der Waals surface area (Å²) in [5.74, 6) is 0. The maximum atomic E-state index is 13.6. The first-order chi connectivity index (χ1) is 9.97. The van der Waals surface area contributed by atoms with E-state index < -0.39 is 35.5 Å². The second-order valence-electron chi connectivity index (χ2n) is 5.03. The van der Waals surface area contributed by atoms with Crippen molar-refractivity contribution in [2.24, 2.45) is 5.73 Å². The van der Waals surface area contributed by atoms with Crippen molar-refractivity contribution in [1.82, 2.24) is 0 Å². The Morgan fingerprint density at radius 1 is 0.909 bits per heavy atom. The molecule has 120 valence electrons. The molecule has 0 spiro atoms. The highest BCUT2D eigenvalue weighted by Gasteiger charge is 2.58. The van der Waals surface area contributed by atoms with Crippen molar-refractivity contribution in [1.29, 1.82) is 0 Å². The monoisotopic (exact) mass is 322 g/mol. The van der Waals surface area contributed by atoms with E-state index in [9.17, 15) is 26.3 Å². The van der Waals surface area contributed by atoms with Gasteiger partial charge in [0.2, 0.25) is 0 Å². The Bertz CT molecular complexity index is 624. The minimum Gasteiger partial charge on any atom is -0.399 e. The summed E-state index contributed by atoms with van der Waals surface area (Å²) in [5, 5.41) is 0. The Hall–Kier alpha value is -2.12. The van der Waals surface area contributed by atoms with Crippen molar-refractivity contribution in [3.8, 4) is 0 Å². The molecule has 0 fully saturated rings. The number of hydrogen-bond acceptors (Lipinski definition) is 2. The molecule has 0 saturated heterocycles. The predicted molar refractivity (Wildman–Crippen MR) is 69.6 cm³/mol. The van der Waals surface area contributed by atoms with Crippen molar-refractivity contribution >= 4 is 5.69 Å². The van der Waals surface area contributed by atoms with E-state index >= 15 is 0 Å². The van der Waals surface area contributed by atoms with E-state index in [1.54, 1.807) is 0 Å². The zero-order chi connectivity index (χ0) is 16.8. The van der Waals surface area contributed by atoms with Crippen LogP contribution in [0.15, 0.2) is 47.7 Å². The van der Waals surface area contributed by atoms with Gasteiger partial charge in [-0.25, -0.2) is 0 Å². The van der Waals surface area contributed by atoms with Crippen LogP contribution in [0.4, 0.5) is 32.0 Å². The summed E-state index contributed by atoms with van der Waals surface area (Å²) in [7, 11) is 0. The fourth-order valence-corrected chi connectivity index (χ4v) is 2.37. The van der Waals surface area contributed by atoms with Crippen LogP contribution in [0, 0.1) is 0 Å². The highest BCUT2D eigenvalue weighted by atomic mass is 19.4. The highest BCUT2D eigenvalue weighted by molar-refractivity contribution is 5.48. The molecule has 0 amide bonds. The van der Waals surface area contributed by atoms with Crippen LogP contribution in [-0.4, -0.2) is 12.4 Å². The molecule has 4 N–H and O–H groups in total. The third kappa shape index (κ3) is 2.65. The van der Waals surface area contributed by atoms with Gasteiger partial charge in [0.25, 0.3) is 0 Å². The smallest absolute Gasteiger partial charge is 0.399 e. The summed E-state index contributed by atoms with van der Waals surface area (Å²) >= 11 is 0. The second-order valence-corrected chi connectivity index (χ2v) is 5.03. The van der Waals surface area contributed by atoms with E-state index in [0.29, 0.717) is 12.2 Å². The SMILES string of the molecule is NC1=C(C(F)(F)F)CC(c2ccc(N)cc2)(C(F)(F)F)C=C1. The van der Waals surface area contributed by atoms with Crippen LogP contribution in [0.5, 0.6) is 0 Å². The first-order valence-corrected chi connectivity index (χ1v) is 6.15. The number of allylic oxidation sites excluding steroid dienone is 3. The molecule has 0 aromatic heterocycles. The average molecular weight is 322 g/mol. The first-order valence-electron chi connectivity index (χ1n) is 6.15. The Kier molecular flexibility index (Phi) is 3.67. The highest BCUT2D eigenvalue weighted by Crippen LogP contribution is 2.51. The van der Waals surface area contributed by atoms with Gasteiger partial charge in [0, 0.05) is 17.8 Å². The lowest BCUT2D eigenvalue weighted by atomic mass is 9.71. The largest absolute Gasteiger partial charge is 0.414 e. The van der Waals surface area contributed by atoms with Crippen molar-refractivity contribution in [3.05, 3.63) is 53.3 Å². The van der Waals surface area contributed by atoms with Crippen LogP contribution in [0.1, 0.15) is 12.0 Å². The lowest BCUT2D eigenvalue weighted by Gasteiger charge is -2.37. The van der Waals surface area contributed by atoms with Gasteiger partial charge < -0.3 is 11.5 Å². The number of hydrogen-bond donors (Lipinski definition) is 2. The molecule has 1 unspecified atom stereocenters. The first kappa shape index (κ1) is 16.3. The van der Waals surface area contributed by atoms with Gasteiger partial charge in [0.15, 0.2) is 0 Å². The van der Waals surface area contributed by atoms with Crippen LogP contribution in [0.2, 0.25) is 0 Å². The van der Waals surface area contributed by atoms with Gasteiger partial charge in [-0.05, 0) is 23.8 Å². The molecule has 0 aliphatic heterocycles. The van der Waals surface area contributed by atoms with Crippen LogP contribution < -0.4 is 11.5 Å². The van der Waals surface area contributed by atoms with Crippen LogP contribution >= 0.6 is 0 Å². The summed E-state index contributed by atoms with van der Waals surface area (Å²) in [6, 6.07) is 4.57. The molecule has 1 aromatic rings. The number of benzene rings is 1. The molecule has 0 heterocycles. The Labute approximate surface area is 122 Å². The van der Waals surface area contributed by atoms with Crippen molar-refractivity contribution in [2.75, 3.05) is 5.73 Å². The minimum absolute atomic E-state index is 0.215. The molecule has 0 saturated carbocycles. The second kappa shape index (κ2) is 4.96. The van der Waals surface area contributed by atoms with Gasteiger partial charge in [-0.1, -0.05) is 18.2 Å². The van der Waals surface area contributed by atoms with E-state index in [1.165, 1.54) is 12.1 Å². The molecule has 1 aliphatic carbocycles. The van der Waals surface area contributed by atoms with Crippen LogP contribution in [0.3, 0.4) is 0 Å². The number of anilines is 1. The molecule has 1 aliphatic rings. The number of alkyl halides is 6. The van der Waals surface area contributed by atoms with Gasteiger partial charge in [0.1, 0.15) is 5.41 Å². The summed E-state index contributed by atoms with van der Waals surface area (Å²) in [5.41, 5.74) is 5.66. The topological polar surface area (TPSA) is 52.0 Å². The fourth-order valence-electron chi connectivity index (χ4n) is 2.37. The van der Waals surface area contributed by atoms with Crippen molar-refractivity contribution in [3.63, 3.8) is 0 Å². The molecule has 0 bridgehead atoms. The average Bonchev–Trinajstić information content (AvgIpc) is 2.38. The third-order valence-corrected chi connectivity index (χ3v) is 3.63. The molecule has 2 rings (SSSR count). The number of rotatable bonds is 1. The van der Waals surface area contributed by atoms with Gasteiger partial charge in [-0.15, -0.1) is 0 Å². The molecule has 1 aromatic carbocycles. The quantitative estimate of drug-likeness (QED) is 0.610. The third-order valence-electron chi connectivity index (χ3n) is 3.63. The van der Waals surface area contributed by atoms with Gasteiger partial charge in [-0.2, -0.15) is 26.3 Å². The Balaban J connectivity index is 2.61. The molecule has 1 atom stereocenters. The molecule has 0 radical (unpaired) electrons. The Morgan fingerprint density at radius 3 is 1.91 bits per heavy atom. The molecule has 2 nitrogen and oxygen atoms in total. The van der Waals surface area contributed by atoms with Crippen LogP contribution in [-0.2, 0) is 5.41 Å². The van der Waals surface area contributed by atoms with Crippen LogP contribution in [0.25, 0.3) is 0 Å². The van der Waals surface area contributed by atoms with E-state index in [4.69, 9.17) is 11.5 Å². The van der Waals surface area contributed by atoms with Crippen molar-refractivity contribution in [2.45, 2.75) is 24.2 Å². The van der Waals surface area contributed by atoms with Crippen molar-refractivity contribution < 1.29 is 26.3 Å². The molecular weight excluding hydrogens is 310 g/mol. The van der Waals surface area contributed by atoms with E-state index in [2.05, 4.69) is 0 Å². The number of nitrogens with two attached hydrogens (primary N) is 2. The normalized spacial score (nSPS) is 23.0. The van der Waals surface area contributed by atoms with E-state index in [1.807, 2.05) is 0 Å². The summed E-state index contributed by atoms with van der Waals surface area (Å²) < 4.78 is 79.5. The maximum absolute atomic E-state index is 13.6. The standard InChI is InChI=1S/C14H12F6N2/c15-13(16,17)10-7-12(14(18,19)20,6-5-11(10)22)8-1-3-9(21)4-2-8/h1-6H,7,21-22H2. The zero-order valence-corrected chi connectivity index (χ0v) is 11.1. The molecule has 22 heavy (non-hydrogen) atoms. The van der Waals surface area contributed by atoms with Gasteiger partial charge in [0.05, 0.1) is 5.57 Å². The summed E-state index contributed by atoms with van der Waals surface area (Å²) in [6.45, 7) is 0. The molecular formula is C14H12F6N2. The Morgan fingerprint density at radius 2 is 1.45 bits per heavy atom. The number of nitrogen functional groups attached to an aromatic ring is 1. The zero-order valence-electron chi connectivity index (χ0n) is 11.1. The number of halogens is 6. The molecule has 8 heteroatoms. The van der Waals surface area contributed by atoms with E-state index in [0.717, 1.165) is 12.1 Å². The predicted octanol–water partition coefficient (Wildman–Crippen LogP) is 3.80. The van der Waals surface area contributed by atoms with Gasteiger partial charge >= 0.3 is 12.4 Å². The van der Waals surface area contributed by atoms with E-state index in [-0.39, 0.29) is 11.3 Å². The lowest BCUT2D eigenvalue weighted by Crippen LogP contribution is -2.44.